The average molecular weight is 589 g/mol. The van der Waals surface area contributed by atoms with Crippen LogP contribution in [-0.2, 0) is 13.3 Å². The molecule has 222 valence electrons. The Hall–Kier alpha value is -0.249. The first kappa shape index (κ1) is 31.7. The van der Waals surface area contributed by atoms with E-state index in [9.17, 15) is 0 Å². The minimum Gasteiger partial charge on any atom is -0.413 e. The Morgan fingerprint density at radius 2 is 0.692 bits per heavy atom. The molecule has 0 amide bonds. The van der Waals surface area contributed by atoms with Crippen LogP contribution in [0.25, 0.3) is 0 Å². The van der Waals surface area contributed by atoms with Gasteiger partial charge in [-0.3, -0.25) is 0 Å². The summed E-state index contributed by atoms with van der Waals surface area (Å²) in [4.78, 5) is 0. The van der Waals surface area contributed by atoms with Gasteiger partial charge in [-0.1, -0.05) is 113 Å². The van der Waals surface area contributed by atoms with Gasteiger partial charge < -0.3 is 13.3 Å². The first-order valence-corrected chi connectivity index (χ1v) is 22.9. The van der Waals surface area contributed by atoms with Crippen molar-refractivity contribution >= 4 is 27.1 Å². The smallest absolute Gasteiger partial charge is 0.201 e. The molecule has 4 fully saturated rings. The maximum Gasteiger partial charge on any atom is 0.201 e. The SMILES string of the molecule is C=C[SiH](CC1CCCCC1)OC1CC(O[SiH](C=C)CC2CCCCC2)CC(O[SiH](C=C)CC2CCCCC2)C1. The molecule has 4 saturated carbocycles. The number of rotatable bonds is 15. The molecule has 0 aromatic heterocycles. The predicted molar refractivity (Wildman–Crippen MR) is 175 cm³/mol. The van der Waals surface area contributed by atoms with E-state index in [1.54, 1.807) is 0 Å². The molecule has 3 unspecified atom stereocenters. The van der Waals surface area contributed by atoms with Crippen molar-refractivity contribution in [3.8, 4) is 0 Å². The van der Waals surface area contributed by atoms with Gasteiger partial charge >= 0.3 is 0 Å². The first-order chi connectivity index (χ1) is 19.1. The van der Waals surface area contributed by atoms with Gasteiger partial charge in [0.15, 0.2) is 0 Å². The highest BCUT2D eigenvalue weighted by molar-refractivity contribution is 6.58. The van der Waals surface area contributed by atoms with Crippen molar-refractivity contribution in [3.63, 3.8) is 0 Å². The van der Waals surface area contributed by atoms with E-state index in [-0.39, 0.29) is 18.3 Å². The van der Waals surface area contributed by atoms with Gasteiger partial charge in [0, 0.05) is 18.3 Å². The second-order valence-electron chi connectivity index (χ2n) is 13.5. The summed E-state index contributed by atoms with van der Waals surface area (Å²) in [7, 11) is -4.28. The van der Waals surface area contributed by atoms with Crippen LogP contribution >= 0.6 is 0 Å². The maximum atomic E-state index is 6.97. The molecule has 0 aliphatic heterocycles. The molecule has 0 spiro atoms. The highest BCUT2D eigenvalue weighted by Crippen LogP contribution is 2.35. The van der Waals surface area contributed by atoms with Gasteiger partial charge in [0.1, 0.15) is 0 Å². The van der Waals surface area contributed by atoms with Gasteiger partial charge in [0.25, 0.3) is 0 Å². The molecule has 4 rings (SSSR count). The lowest BCUT2D eigenvalue weighted by molar-refractivity contribution is 0.00188. The molecule has 3 atom stereocenters. The minimum absolute atomic E-state index is 0.260. The molecule has 39 heavy (non-hydrogen) atoms. The fourth-order valence-corrected chi connectivity index (χ4v) is 14.9. The third-order valence-corrected chi connectivity index (χ3v) is 17.5. The Bertz CT molecular complexity index is 614. The van der Waals surface area contributed by atoms with Gasteiger partial charge in [-0.05, 0) is 55.1 Å². The van der Waals surface area contributed by atoms with Gasteiger partial charge in [-0.25, -0.2) is 0 Å². The Morgan fingerprint density at radius 3 is 0.923 bits per heavy atom. The Kier molecular flexibility index (Phi) is 14.3. The van der Waals surface area contributed by atoms with Crippen LogP contribution in [0.1, 0.15) is 116 Å². The van der Waals surface area contributed by atoms with E-state index in [1.807, 2.05) is 0 Å². The lowest BCUT2D eigenvalue weighted by atomic mass is 9.91. The summed E-state index contributed by atoms with van der Waals surface area (Å²) in [5.74, 6) is 2.58. The molecule has 0 saturated heterocycles. The summed E-state index contributed by atoms with van der Waals surface area (Å²) < 4.78 is 20.9. The molecule has 0 radical (unpaired) electrons. The van der Waals surface area contributed by atoms with Crippen LogP contribution in [0.15, 0.2) is 36.8 Å². The van der Waals surface area contributed by atoms with Crippen molar-refractivity contribution in [2.24, 2.45) is 17.8 Å². The molecule has 6 heteroatoms. The molecular formula is C33H60O3Si3. The molecule has 0 aromatic rings. The highest BCUT2D eigenvalue weighted by atomic mass is 28.3. The molecule has 4 aliphatic rings. The summed E-state index contributed by atoms with van der Waals surface area (Å²) >= 11 is 0. The molecule has 0 bridgehead atoms. The van der Waals surface area contributed by atoms with Crippen LogP contribution < -0.4 is 0 Å². The van der Waals surface area contributed by atoms with Crippen LogP contribution in [0.2, 0.25) is 18.1 Å². The van der Waals surface area contributed by atoms with Gasteiger partial charge in [-0.15, -0.1) is 19.7 Å². The quantitative estimate of drug-likeness (QED) is 0.180. The van der Waals surface area contributed by atoms with Crippen molar-refractivity contribution in [2.75, 3.05) is 0 Å². The van der Waals surface area contributed by atoms with Crippen LogP contribution in [0.4, 0.5) is 0 Å². The molecule has 0 heterocycles. The van der Waals surface area contributed by atoms with Crippen molar-refractivity contribution in [1.82, 2.24) is 0 Å². The van der Waals surface area contributed by atoms with Crippen LogP contribution in [0.5, 0.6) is 0 Å². The summed E-state index contributed by atoms with van der Waals surface area (Å²) in [5.41, 5.74) is 6.64. The van der Waals surface area contributed by atoms with Crippen LogP contribution in [-0.4, -0.2) is 45.4 Å². The minimum atomic E-state index is -1.43. The Balaban J connectivity index is 1.37. The zero-order valence-electron chi connectivity index (χ0n) is 25.1. The predicted octanol–water partition coefficient (Wildman–Crippen LogP) is 8.41. The molecule has 4 aliphatic carbocycles. The molecule has 0 N–H and O–H groups in total. The summed E-state index contributed by atoms with van der Waals surface area (Å²) in [6.45, 7) is 12.7. The third kappa shape index (κ3) is 11.2. The van der Waals surface area contributed by atoms with E-state index in [0.717, 1.165) is 37.0 Å². The van der Waals surface area contributed by atoms with Crippen molar-refractivity contribution in [2.45, 2.75) is 152 Å². The fraction of sp³-hybridized carbons (Fsp3) is 0.818. The fourth-order valence-electron chi connectivity index (χ4n) is 8.12. The molecule has 3 nitrogen and oxygen atoms in total. The van der Waals surface area contributed by atoms with E-state index in [0.29, 0.717) is 0 Å². The summed E-state index contributed by atoms with van der Waals surface area (Å²) in [6, 6.07) is 3.82. The largest absolute Gasteiger partial charge is 0.413 e. The van der Waals surface area contributed by atoms with Gasteiger partial charge in [0.05, 0.1) is 0 Å². The standard InChI is InChI=1S/C33H60O3Si3/c1-4-37(25-28-16-10-7-11-17-28)34-31-22-32(35-38(5-2)26-29-18-12-8-13-19-29)24-33(23-31)36-39(6-3)27-30-20-14-9-15-21-30/h4-6,28-33,37-39H,1-3,7-27H2. The maximum absolute atomic E-state index is 6.97. The van der Waals surface area contributed by atoms with Crippen LogP contribution in [0, 0.1) is 17.8 Å². The lowest BCUT2D eigenvalue weighted by Crippen LogP contribution is -2.43. The van der Waals surface area contributed by atoms with Crippen molar-refractivity contribution in [3.05, 3.63) is 36.8 Å². The van der Waals surface area contributed by atoms with Gasteiger partial charge in [0.2, 0.25) is 27.1 Å². The monoisotopic (exact) mass is 588 g/mol. The van der Waals surface area contributed by atoms with E-state index >= 15 is 0 Å². The van der Waals surface area contributed by atoms with Gasteiger partial charge in [-0.2, -0.15) is 0 Å². The van der Waals surface area contributed by atoms with E-state index in [2.05, 4.69) is 36.8 Å². The highest BCUT2D eigenvalue weighted by Gasteiger charge is 2.35. The lowest BCUT2D eigenvalue weighted by Gasteiger charge is -2.39. The summed E-state index contributed by atoms with van der Waals surface area (Å²) in [5, 5.41) is 0. The van der Waals surface area contributed by atoms with E-state index in [4.69, 9.17) is 13.3 Å². The number of hydrogen-bond donors (Lipinski definition) is 0. The second kappa shape index (κ2) is 17.6. The van der Waals surface area contributed by atoms with Crippen LogP contribution in [0.3, 0.4) is 0 Å². The van der Waals surface area contributed by atoms with Crippen molar-refractivity contribution < 1.29 is 13.3 Å². The third-order valence-electron chi connectivity index (χ3n) is 10.3. The normalized spacial score (nSPS) is 30.3. The Morgan fingerprint density at radius 1 is 0.436 bits per heavy atom. The van der Waals surface area contributed by atoms with E-state index < -0.39 is 27.1 Å². The zero-order valence-corrected chi connectivity index (χ0v) is 28.6. The summed E-state index contributed by atoms with van der Waals surface area (Å²) in [6.07, 6.45) is 24.9. The van der Waals surface area contributed by atoms with E-state index in [1.165, 1.54) is 114 Å². The topological polar surface area (TPSA) is 27.7 Å². The molecule has 0 aromatic carbocycles. The number of hydrogen-bond acceptors (Lipinski definition) is 3. The first-order valence-electron chi connectivity index (χ1n) is 17.0. The van der Waals surface area contributed by atoms with Crippen molar-refractivity contribution in [1.29, 1.82) is 0 Å². The molecular weight excluding hydrogens is 529 g/mol. The zero-order chi connectivity index (χ0) is 27.3. The second-order valence-corrected chi connectivity index (χ2v) is 20.4. The average Bonchev–Trinajstić information content (AvgIpc) is 2.97. The Labute approximate surface area is 246 Å².